The van der Waals surface area contributed by atoms with Gasteiger partial charge in [0.05, 0.1) is 5.25 Å². The lowest BCUT2D eigenvalue weighted by Gasteiger charge is -2.35. The highest BCUT2D eigenvalue weighted by molar-refractivity contribution is 7.90. The van der Waals surface area contributed by atoms with Crippen molar-refractivity contribution in [3.63, 3.8) is 0 Å². The fourth-order valence-electron chi connectivity index (χ4n) is 2.76. The molecule has 7 nitrogen and oxygen atoms in total. The smallest absolute Gasteiger partial charge is 0.245 e. The Morgan fingerprint density at radius 2 is 1.75 bits per heavy atom. The number of hydrogen-bond donors (Lipinski definition) is 1. The van der Waals surface area contributed by atoms with Gasteiger partial charge in [0, 0.05) is 32.6 Å². The van der Waals surface area contributed by atoms with Crippen LogP contribution in [0, 0.1) is 0 Å². The molecule has 1 atom stereocenters. The summed E-state index contributed by atoms with van der Waals surface area (Å²) >= 11 is 0. The van der Waals surface area contributed by atoms with Crippen LogP contribution in [0.1, 0.15) is 25.7 Å². The molecule has 112 valence electrons. The van der Waals surface area contributed by atoms with Gasteiger partial charge in [0.2, 0.25) is 21.8 Å². The summed E-state index contributed by atoms with van der Waals surface area (Å²) in [5, 5.41) is 2.46. The molecule has 2 saturated heterocycles. The van der Waals surface area contributed by atoms with Crippen LogP contribution in [0.3, 0.4) is 0 Å². The molecule has 0 aromatic heterocycles. The van der Waals surface area contributed by atoms with E-state index in [1.165, 1.54) is 4.31 Å². The van der Waals surface area contributed by atoms with Crippen LogP contribution < -0.4 is 5.32 Å². The number of piperazine rings is 1. The first-order valence-corrected chi connectivity index (χ1v) is 8.56. The number of rotatable bonds is 3. The minimum Gasteiger partial charge on any atom is -0.344 e. The Hall–Kier alpha value is -1.15. The third-order valence-corrected chi connectivity index (χ3v) is 6.55. The lowest BCUT2D eigenvalue weighted by Crippen LogP contribution is -2.54. The van der Waals surface area contributed by atoms with E-state index in [0.29, 0.717) is 39.0 Å². The molecule has 1 N–H and O–H groups in total. The number of sulfonamides is 1. The highest BCUT2D eigenvalue weighted by Crippen LogP contribution is 2.31. The number of carbonyl (C=O) groups excluding carboxylic acids is 2. The van der Waals surface area contributed by atoms with Crippen LogP contribution in [0.5, 0.6) is 0 Å². The molecule has 0 aromatic carbocycles. The molecule has 0 unspecified atom stereocenters. The van der Waals surface area contributed by atoms with Crippen molar-refractivity contribution < 1.29 is 18.0 Å². The zero-order valence-corrected chi connectivity index (χ0v) is 12.1. The van der Waals surface area contributed by atoms with Crippen molar-refractivity contribution in [1.29, 1.82) is 0 Å². The van der Waals surface area contributed by atoms with Gasteiger partial charge in [-0.05, 0) is 19.3 Å². The molecule has 3 rings (SSSR count). The van der Waals surface area contributed by atoms with E-state index in [-0.39, 0.29) is 17.1 Å². The van der Waals surface area contributed by atoms with Gasteiger partial charge >= 0.3 is 0 Å². The fourth-order valence-corrected chi connectivity index (χ4v) is 4.59. The van der Waals surface area contributed by atoms with Crippen molar-refractivity contribution in [3.8, 4) is 0 Å². The molecule has 2 aliphatic heterocycles. The lowest BCUT2D eigenvalue weighted by atomic mass is 10.2. The number of amides is 2. The first-order chi connectivity index (χ1) is 9.48. The quantitative estimate of drug-likeness (QED) is 0.717. The van der Waals surface area contributed by atoms with Crippen molar-refractivity contribution >= 4 is 21.8 Å². The molecule has 1 saturated carbocycles. The van der Waals surface area contributed by atoms with E-state index in [2.05, 4.69) is 5.32 Å². The predicted octanol–water partition coefficient (Wildman–Crippen LogP) is -1.10. The average Bonchev–Trinajstić information content (AvgIpc) is 3.21. The normalized spacial score (nSPS) is 28.5. The van der Waals surface area contributed by atoms with E-state index in [9.17, 15) is 18.0 Å². The summed E-state index contributed by atoms with van der Waals surface area (Å²) < 4.78 is 25.7. The Bertz CT molecular complexity index is 521. The Morgan fingerprint density at radius 3 is 2.25 bits per heavy atom. The Labute approximate surface area is 118 Å². The first-order valence-electron chi connectivity index (χ1n) is 7.05. The van der Waals surface area contributed by atoms with Gasteiger partial charge in [-0.25, -0.2) is 8.42 Å². The van der Waals surface area contributed by atoms with Crippen LogP contribution in [-0.4, -0.2) is 66.9 Å². The number of nitrogens with zero attached hydrogens (tertiary/aromatic N) is 2. The summed E-state index contributed by atoms with van der Waals surface area (Å²) in [6.07, 6.45) is 2.45. The third kappa shape index (κ3) is 2.54. The van der Waals surface area contributed by atoms with Crippen LogP contribution in [0.15, 0.2) is 0 Å². The van der Waals surface area contributed by atoms with Gasteiger partial charge in [0.15, 0.2) is 0 Å². The van der Waals surface area contributed by atoms with Crippen molar-refractivity contribution in [1.82, 2.24) is 14.5 Å². The lowest BCUT2D eigenvalue weighted by molar-refractivity contribution is -0.135. The Balaban J connectivity index is 1.56. The van der Waals surface area contributed by atoms with Crippen molar-refractivity contribution in [3.05, 3.63) is 0 Å². The summed E-state index contributed by atoms with van der Waals surface area (Å²) in [7, 11) is -3.14. The van der Waals surface area contributed by atoms with E-state index >= 15 is 0 Å². The SMILES string of the molecule is O=C1CC[C@@H](C(=O)N2CCN(S(=O)(=O)C3CC3)CC2)N1. The molecule has 20 heavy (non-hydrogen) atoms. The van der Waals surface area contributed by atoms with Crippen LogP contribution in [0.4, 0.5) is 0 Å². The van der Waals surface area contributed by atoms with Crippen LogP contribution in [-0.2, 0) is 19.6 Å². The van der Waals surface area contributed by atoms with E-state index in [0.717, 1.165) is 12.8 Å². The Kier molecular flexibility index (Phi) is 3.45. The van der Waals surface area contributed by atoms with Crippen molar-refractivity contribution in [2.24, 2.45) is 0 Å². The molecular weight excluding hydrogens is 282 g/mol. The van der Waals surface area contributed by atoms with E-state index in [1.54, 1.807) is 4.90 Å². The second-order valence-electron chi connectivity index (χ2n) is 5.63. The number of hydrogen-bond acceptors (Lipinski definition) is 4. The van der Waals surface area contributed by atoms with Gasteiger partial charge < -0.3 is 10.2 Å². The monoisotopic (exact) mass is 301 g/mol. The summed E-state index contributed by atoms with van der Waals surface area (Å²) in [6.45, 7) is 1.56. The standard InChI is InChI=1S/C12H19N3O4S/c16-11-4-3-10(13-11)12(17)14-5-7-15(8-6-14)20(18,19)9-1-2-9/h9-10H,1-8H2,(H,13,16)/t10-/m0/s1. The predicted molar refractivity (Wildman–Crippen MR) is 71.3 cm³/mol. The van der Waals surface area contributed by atoms with E-state index in [4.69, 9.17) is 0 Å². The summed E-state index contributed by atoms with van der Waals surface area (Å²) in [5.41, 5.74) is 0. The number of nitrogens with one attached hydrogen (secondary N) is 1. The topological polar surface area (TPSA) is 86.8 Å². The summed E-state index contributed by atoms with van der Waals surface area (Å²) in [5.74, 6) is -0.169. The minimum absolute atomic E-state index is 0.0840. The van der Waals surface area contributed by atoms with Gasteiger partial charge in [0.25, 0.3) is 0 Å². The van der Waals surface area contributed by atoms with Gasteiger partial charge in [-0.3, -0.25) is 9.59 Å². The minimum atomic E-state index is -3.14. The number of carbonyl (C=O) groups is 2. The molecule has 0 bridgehead atoms. The summed E-state index contributed by atoms with van der Waals surface area (Å²) in [4.78, 5) is 25.0. The molecule has 3 fully saturated rings. The largest absolute Gasteiger partial charge is 0.344 e. The van der Waals surface area contributed by atoms with Gasteiger partial charge in [-0.2, -0.15) is 4.31 Å². The average molecular weight is 301 g/mol. The highest BCUT2D eigenvalue weighted by atomic mass is 32.2. The molecule has 0 spiro atoms. The van der Waals surface area contributed by atoms with Gasteiger partial charge in [0.1, 0.15) is 6.04 Å². The van der Waals surface area contributed by atoms with Crippen molar-refractivity contribution in [2.75, 3.05) is 26.2 Å². The maximum Gasteiger partial charge on any atom is 0.245 e. The van der Waals surface area contributed by atoms with Crippen LogP contribution in [0.25, 0.3) is 0 Å². The van der Waals surface area contributed by atoms with E-state index < -0.39 is 16.1 Å². The fraction of sp³-hybridized carbons (Fsp3) is 0.833. The second-order valence-corrected chi connectivity index (χ2v) is 7.84. The zero-order chi connectivity index (χ0) is 14.3. The highest BCUT2D eigenvalue weighted by Gasteiger charge is 2.42. The summed E-state index contributed by atoms with van der Waals surface area (Å²) in [6, 6.07) is -0.422. The molecule has 2 amide bonds. The van der Waals surface area contributed by atoms with Crippen LogP contribution in [0.2, 0.25) is 0 Å². The maximum absolute atomic E-state index is 12.2. The molecule has 1 aliphatic carbocycles. The maximum atomic E-state index is 12.2. The van der Waals surface area contributed by atoms with Gasteiger partial charge in [-0.1, -0.05) is 0 Å². The third-order valence-electron chi connectivity index (χ3n) is 4.15. The zero-order valence-electron chi connectivity index (χ0n) is 11.2. The molecule has 0 aromatic rings. The van der Waals surface area contributed by atoms with Crippen LogP contribution >= 0.6 is 0 Å². The second kappa shape index (κ2) is 5.00. The molecule has 0 radical (unpaired) electrons. The molecular formula is C12H19N3O4S. The molecule has 8 heteroatoms. The molecule has 2 heterocycles. The van der Waals surface area contributed by atoms with Crippen molar-refractivity contribution in [2.45, 2.75) is 37.0 Å². The first kappa shape index (κ1) is 13.8. The Morgan fingerprint density at radius 1 is 1.10 bits per heavy atom. The van der Waals surface area contributed by atoms with Gasteiger partial charge in [-0.15, -0.1) is 0 Å². The van der Waals surface area contributed by atoms with E-state index in [1.807, 2.05) is 0 Å². The molecule has 3 aliphatic rings.